The minimum atomic E-state index is -0.854. The van der Waals surface area contributed by atoms with E-state index in [1.165, 1.54) is 6.20 Å². The normalized spacial score (nSPS) is 17.1. The van der Waals surface area contributed by atoms with Crippen LogP contribution in [0, 0.1) is 31.1 Å². The second kappa shape index (κ2) is 10.5. The Labute approximate surface area is 210 Å². The molecule has 1 aliphatic rings. The molecule has 1 saturated carbocycles. The van der Waals surface area contributed by atoms with Gasteiger partial charge in [0, 0.05) is 37.1 Å². The number of hydrogen-bond donors (Lipinski definition) is 1. The van der Waals surface area contributed by atoms with Crippen LogP contribution < -0.4 is 10.1 Å². The number of carbonyl (C=O) groups excluding carboxylic acids is 3. The van der Waals surface area contributed by atoms with Crippen LogP contribution >= 0.6 is 0 Å². The molecule has 1 aromatic heterocycles. The van der Waals surface area contributed by atoms with Crippen LogP contribution in [-0.2, 0) is 20.9 Å². The van der Waals surface area contributed by atoms with Crippen LogP contribution in [0.25, 0.3) is 11.3 Å². The highest BCUT2D eigenvalue weighted by atomic mass is 16.5. The van der Waals surface area contributed by atoms with Crippen LogP contribution in [0.15, 0.2) is 54.7 Å². The molecule has 7 nitrogen and oxygen atoms in total. The number of aromatic nitrogens is 1. The van der Waals surface area contributed by atoms with Crippen LogP contribution in [0.2, 0.25) is 0 Å². The number of ether oxygens (including phenoxy) is 1. The average Bonchev–Trinajstić information content (AvgIpc) is 3.15. The fraction of sp³-hybridized carbons (Fsp3) is 0.276. The Hall–Kier alpha value is -4.31. The van der Waals surface area contributed by atoms with Crippen molar-refractivity contribution in [3.63, 3.8) is 0 Å². The van der Waals surface area contributed by atoms with E-state index in [4.69, 9.17) is 10.00 Å². The second-order valence-corrected chi connectivity index (χ2v) is 9.10. The minimum absolute atomic E-state index is 0.0113. The van der Waals surface area contributed by atoms with E-state index < -0.39 is 11.8 Å². The SMILES string of the molecule is COc1ccc(CNC(=O)CC2CC(=O)C(c3c(C)cc(-c4ccc(C#N)cn4)cc3C)C2=O)cc1. The molecular weight excluding hydrogens is 454 g/mol. The van der Waals surface area contributed by atoms with E-state index in [0.717, 1.165) is 28.0 Å². The van der Waals surface area contributed by atoms with Crippen molar-refractivity contribution in [2.75, 3.05) is 7.11 Å². The summed E-state index contributed by atoms with van der Waals surface area (Å²) in [5.74, 6) is -1.35. The molecule has 0 spiro atoms. The highest BCUT2D eigenvalue weighted by molar-refractivity contribution is 6.15. The Morgan fingerprint density at radius 1 is 1.11 bits per heavy atom. The summed E-state index contributed by atoms with van der Waals surface area (Å²) in [6.07, 6.45) is 1.57. The molecule has 1 N–H and O–H groups in total. The number of aryl methyl sites for hydroxylation is 2. The smallest absolute Gasteiger partial charge is 0.221 e. The summed E-state index contributed by atoms with van der Waals surface area (Å²) < 4.78 is 5.14. The maximum absolute atomic E-state index is 13.3. The van der Waals surface area contributed by atoms with Gasteiger partial charge < -0.3 is 10.1 Å². The number of methoxy groups -OCH3 is 1. The molecule has 0 bridgehead atoms. The zero-order valence-corrected chi connectivity index (χ0v) is 20.5. The van der Waals surface area contributed by atoms with Crippen molar-refractivity contribution in [2.45, 2.75) is 39.2 Å². The molecule has 1 amide bonds. The van der Waals surface area contributed by atoms with Crippen molar-refractivity contribution in [3.8, 4) is 23.1 Å². The summed E-state index contributed by atoms with van der Waals surface area (Å²) in [6.45, 7) is 4.10. The number of ketones is 2. The lowest BCUT2D eigenvalue weighted by Crippen LogP contribution is -2.27. The summed E-state index contributed by atoms with van der Waals surface area (Å²) >= 11 is 0. The molecule has 2 unspecified atom stereocenters. The van der Waals surface area contributed by atoms with Gasteiger partial charge in [0.15, 0.2) is 5.78 Å². The lowest BCUT2D eigenvalue weighted by molar-refractivity contribution is -0.128. The van der Waals surface area contributed by atoms with Gasteiger partial charge in [0.1, 0.15) is 23.5 Å². The largest absolute Gasteiger partial charge is 0.497 e. The standard InChI is InChI=1S/C29H27N3O4/c1-17-10-21(24-9-6-20(14-30)16-31-24)11-18(2)27(17)28-25(33)12-22(29(28)35)13-26(34)32-15-19-4-7-23(36-3)8-5-19/h4-11,16,22,28H,12-13,15H2,1-3H3,(H,32,34). The fourth-order valence-electron chi connectivity index (χ4n) is 4.78. The Bertz CT molecular complexity index is 1330. The van der Waals surface area contributed by atoms with Crippen molar-refractivity contribution in [3.05, 3.63) is 82.5 Å². The van der Waals surface area contributed by atoms with E-state index in [1.54, 1.807) is 19.2 Å². The van der Waals surface area contributed by atoms with Gasteiger partial charge in [0.2, 0.25) is 5.91 Å². The van der Waals surface area contributed by atoms with Crippen LogP contribution in [-0.4, -0.2) is 29.6 Å². The zero-order chi connectivity index (χ0) is 25.8. The number of pyridine rings is 1. The van der Waals surface area contributed by atoms with Gasteiger partial charge in [-0.3, -0.25) is 19.4 Å². The third-order valence-electron chi connectivity index (χ3n) is 6.61. The fourth-order valence-corrected chi connectivity index (χ4v) is 4.78. The summed E-state index contributed by atoms with van der Waals surface area (Å²) in [7, 11) is 1.59. The second-order valence-electron chi connectivity index (χ2n) is 9.10. The molecule has 3 aromatic rings. The van der Waals surface area contributed by atoms with Gasteiger partial charge in [-0.2, -0.15) is 5.26 Å². The Morgan fingerprint density at radius 3 is 2.39 bits per heavy atom. The Balaban J connectivity index is 1.45. The predicted octanol–water partition coefficient (Wildman–Crippen LogP) is 4.19. The molecule has 2 aromatic carbocycles. The number of carbonyl (C=O) groups is 3. The summed E-state index contributed by atoms with van der Waals surface area (Å²) in [5, 5.41) is 11.8. The lowest BCUT2D eigenvalue weighted by atomic mass is 9.85. The third kappa shape index (κ3) is 5.18. The number of benzene rings is 2. The van der Waals surface area contributed by atoms with E-state index in [9.17, 15) is 14.4 Å². The lowest BCUT2D eigenvalue weighted by Gasteiger charge is -2.17. The van der Waals surface area contributed by atoms with Gasteiger partial charge in [-0.25, -0.2) is 0 Å². The molecule has 36 heavy (non-hydrogen) atoms. The first-order chi connectivity index (χ1) is 17.3. The minimum Gasteiger partial charge on any atom is -0.497 e. The van der Waals surface area contributed by atoms with E-state index in [1.807, 2.05) is 50.2 Å². The molecule has 2 atom stereocenters. The number of Topliss-reactive ketones (excluding diaryl/α,β-unsaturated/α-hetero) is 2. The Kier molecular flexibility index (Phi) is 7.25. The third-order valence-corrected chi connectivity index (χ3v) is 6.61. The van der Waals surface area contributed by atoms with Crippen molar-refractivity contribution >= 4 is 17.5 Å². The highest BCUT2D eigenvalue weighted by Crippen LogP contribution is 2.38. The van der Waals surface area contributed by atoms with Crippen LogP contribution in [0.5, 0.6) is 5.75 Å². The van der Waals surface area contributed by atoms with Crippen LogP contribution in [0.3, 0.4) is 0 Å². The number of nitrogens with zero attached hydrogens (tertiary/aromatic N) is 2. The Morgan fingerprint density at radius 2 is 1.81 bits per heavy atom. The molecular formula is C29H27N3O4. The van der Waals surface area contributed by atoms with Crippen molar-refractivity contribution in [2.24, 2.45) is 5.92 Å². The molecule has 182 valence electrons. The van der Waals surface area contributed by atoms with E-state index in [0.29, 0.717) is 23.4 Å². The van der Waals surface area contributed by atoms with Gasteiger partial charge in [0.25, 0.3) is 0 Å². The number of amides is 1. The van der Waals surface area contributed by atoms with Gasteiger partial charge in [-0.1, -0.05) is 12.1 Å². The highest BCUT2D eigenvalue weighted by Gasteiger charge is 2.43. The zero-order valence-electron chi connectivity index (χ0n) is 20.5. The van der Waals surface area contributed by atoms with Crippen LogP contribution in [0.1, 0.15) is 46.6 Å². The molecule has 1 fully saturated rings. The van der Waals surface area contributed by atoms with Gasteiger partial charge in [-0.15, -0.1) is 0 Å². The average molecular weight is 482 g/mol. The van der Waals surface area contributed by atoms with Crippen LogP contribution in [0.4, 0.5) is 0 Å². The van der Waals surface area contributed by atoms with Crippen molar-refractivity contribution in [1.29, 1.82) is 5.26 Å². The van der Waals surface area contributed by atoms with Gasteiger partial charge in [0.05, 0.1) is 18.4 Å². The molecule has 4 rings (SSSR count). The first-order valence-electron chi connectivity index (χ1n) is 11.7. The molecule has 0 saturated heterocycles. The van der Waals surface area contributed by atoms with Gasteiger partial charge >= 0.3 is 0 Å². The summed E-state index contributed by atoms with van der Waals surface area (Å²) in [6, 6.07) is 16.7. The monoisotopic (exact) mass is 481 g/mol. The number of nitriles is 1. The van der Waals surface area contributed by atoms with E-state index >= 15 is 0 Å². The maximum Gasteiger partial charge on any atom is 0.221 e. The number of rotatable bonds is 7. The van der Waals surface area contributed by atoms with E-state index in [2.05, 4.69) is 16.4 Å². The topological polar surface area (TPSA) is 109 Å². The van der Waals surface area contributed by atoms with E-state index in [-0.39, 0.29) is 30.3 Å². The predicted molar refractivity (Wildman–Crippen MR) is 134 cm³/mol. The molecule has 0 aliphatic heterocycles. The molecule has 0 radical (unpaired) electrons. The molecule has 1 aliphatic carbocycles. The molecule has 1 heterocycles. The van der Waals surface area contributed by atoms with Crippen molar-refractivity contribution < 1.29 is 19.1 Å². The number of nitrogens with one attached hydrogen (secondary N) is 1. The first kappa shape index (κ1) is 24.8. The van der Waals surface area contributed by atoms with Gasteiger partial charge in [-0.05, 0) is 72.5 Å². The number of hydrogen-bond acceptors (Lipinski definition) is 6. The molecule has 7 heteroatoms. The van der Waals surface area contributed by atoms with Crippen molar-refractivity contribution in [1.82, 2.24) is 10.3 Å². The summed E-state index contributed by atoms with van der Waals surface area (Å²) in [4.78, 5) is 43.1. The summed E-state index contributed by atoms with van der Waals surface area (Å²) in [5.41, 5.74) is 5.32. The first-order valence-corrected chi connectivity index (χ1v) is 11.7. The quantitative estimate of drug-likeness (QED) is 0.507. The maximum atomic E-state index is 13.3.